The molecule has 0 spiro atoms. The maximum absolute atomic E-state index is 12.8. The van der Waals surface area contributed by atoms with Crippen LogP contribution < -0.4 is 16.0 Å². The molecule has 2 aromatic heterocycles. The number of carbonyl (C=O) groups excluding carboxylic acids is 1. The molecule has 5 rings (SSSR count). The summed E-state index contributed by atoms with van der Waals surface area (Å²) < 4.78 is 49.0. The molecule has 9 nitrogen and oxygen atoms in total. The van der Waals surface area contributed by atoms with E-state index in [0.717, 1.165) is 16.7 Å². The fourth-order valence-corrected chi connectivity index (χ4v) is 4.89. The summed E-state index contributed by atoms with van der Waals surface area (Å²) in [5, 5.41) is 2.83. The summed E-state index contributed by atoms with van der Waals surface area (Å²) in [5.41, 5.74) is 3.57. The lowest BCUT2D eigenvalue weighted by molar-refractivity contribution is -0.143. The number of carbonyl (C=O) groups is 1. The molecule has 0 saturated carbocycles. The van der Waals surface area contributed by atoms with Crippen molar-refractivity contribution in [3.8, 4) is 22.6 Å². The number of aryl methyl sites for hydroxylation is 1. The van der Waals surface area contributed by atoms with Crippen LogP contribution in [-0.4, -0.2) is 66.5 Å². The van der Waals surface area contributed by atoms with Gasteiger partial charge in [-0.15, -0.1) is 0 Å². The standard InChI is InChI=1S/C26H28F3N5O4/c1-16-2-3-19(31-24(35)34-5-4-17(15-34)13-26(27,28)29)12-20(16)18-10-21(22-14-30-25(36)38-22)32-23(11-18)33-6-8-37-9-7-33/h2-3,10-12,14,17H,4-9,13,15H2,1H3,(H,30,36)(H,31,35). The molecule has 12 heteroatoms. The highest BCUT2D eigenvalue weighted by Gasteiger charge is 2.36. The summed E-state index contributed by atoms with van der Waals surface area (Å²) in [4.78, 5) is 35.2. The molecule has 3 aromatic rings. The fraction of sp³-hybridized carbons (Fsp3) is 0.423. The van der Waals surface area contributed by atoms with Crippen molar-refractivity contribution in [3.63, 3.8) is 0 Å². The van der Waals surface area contributed by atoms with Gasteiger partial charge in [0.15, 0.2) is 5.76 Å². The van der Waals surface area contributed by atoms with Gasteiger partial charge in [0, 0.05) is 38.3 Å². The second kappa shape index (κ2) is 10.5. The number of alkyl halides is 3. The lowest BCUT2D eigenvalue weighted by atomic mass is 9.99. The Morgan fingerprint density at radius 3 is 2.68 bits per heavy atom. The van der Waals surface area contributed by atoms with E-state index >= 15 is 0 Å². The molecule has 2 fully saturated rings. The van der Waals surface area contributed by atoms with Crippen molar-refractivity contribution in [2.75, 3.05) is 49.6 Å². The first kappa shape index (κ1) is 25.8. The zero-order valence-electron chi connectivity index (χ0n) is 20.8. The molecule has 2 aliphatic rings. The summed E-state index contributed by atoms with van der Waals surface area (Å²) in [7, 11) is 0. The largest absolute Gasteiger partial charge is 0.416 e. The SMILES string of the molecule is Cc1ccc(NC(=O)N2CCC(CC(F)(F)F)C2)cc1-c1cc(-c2c[nH]c(=O)o2)nc(N2CCOCC2)c1. The van der Waals surface area contributed by atoms with E-state index < -0.39 is 30.3 Å². The van der Waals surface area contributed by atoms with Crippen molar-refractivity contribution >= 4 is 17.5 Å². The Balaban J connectivity index is 1.41. The van der Waals surface area contributed by atoms with Crippen LogP contribution in [0.5, 0.6) is 0 Å². The third kappa shape index (κ3) is 6.01. The third-order valence-electron chi connectivity index (χ3n) is 6.82. The molecule has 202 valence electrons. The molecule has 0 aliphatic carbocycles. The van der Waals surface area contributed by atoms with Crippen molar-refractivity contribution in [1.29, 1.82) is 0 Å². The Kier molecular flexibility index (Phi) is 7.15. The smallest absolute Gasteiger partial charge is 0.406 e. The van der Waals surface area contributed by atoms with Crippen molar-refractivity contribution in [1.82, 2.24) is 14.9 Å². The number of urea groups is 1. The third-order valence-corrected chi connectivity index (χ3v) is 6.82. The second-order valence-corrected chi connectivity index (χ2v) is 9.62. The number of pyridine rings is 1. The van der Waals surface area contributed by atoms with Crippen LogP contribution in [0.4, 0.5) is 29.5 Å². The number of aromatic nitrogens is 2. The number of hydrogen-bond donors (Lipinski definition) is 2. The number of halogens is 3. The molecule has 0 radical (unpaired) electrons. The maximum Gasteiger partial charge on any atom is 0.416 e. The van der Waals surface area contributed by atoms with E-state index in [9.17, 15) is 22.8 Å². The van der Waals surface area contributed by atoms with Crippen molar-refractivity contribution in [3.05, 3.63) is 52.6 Å². The number of nitrogens with one attached hydrogen (secondary N) is 2. The van der Waals surface area contributed by atoms with Crippen LogP contribution in [0.3, 0.4) is 0 Å². The fourth-order valence-electron chi connectivity index (χ4n) is 4.89. The molecule has 2 aliphatic heterocycles. The minimum atomic E-state index is -4.24. The first-order valence-electron chi connectivity index (χ1n) is 12.4. The number of nitrogens with zero attached hydrogens (tertiary/aromatic N) is 3. The summed E-state index contributed by atoms with van der Waals surface area (Å²) in [6.45, 7) is 4.75. The summed E-state index contributed by atoms with van der Waals surface area (Å²) in [6.07, 6.45) is -3.34. The van der Waals surface area contributed by atoms with Gasteiger partial charge in [0.05, 0.1) is 19.4 Å². The molecule has 1 unspecified atom stereocenters. The van der Waals surface area contributed by atoms with Crippen LogP contribution in [0.15, 0.2) is 45.7 Å². The van der Waals surface area contributed by atoms with Crippen LogP contribution in [-0.2, 0) is 4.74 Å². The number of aromatic amines is 1. The Labute approximate surface area is 216 Å². The molecule has 1 atom stereocenters. The Hall–Kier alpha value is -3.80. The monoisotopic (exact) mass is 531 g/mol. The number of ether oxygens (including phenoxy) is 1. The van der Waals surface area contributed by atoms with Crippen molar-refractivity contribution in [2.45, 2.75) is 25.9 Å². The molecular weight excluding hydrogens is 503 g/mol. The summed E-state index contributed by atoms with van der Waals surface area (Å²) >= 11 is 0. The van der Waals surface area contributed by atoms with E-state index in [1.54, 1.807) is 6.07 Å². The van der Waals surface area contributed by atoms with E-state index in [-0.39, 0.29) is 13.1 Å². The number of benzene rings is 1. The lowest BCUT2D eigenvalue weighted by Gasteiger charge is -2.28. The van der Waals surface area contributed by atoms with Crippen LogP contribution in [0, 0.1) is 12.8 Å². The predicted molar refractivity (Wildman–Crippen MR) is 135 cm³/mol. The average Bonchev–Trinajstić information content (AvgIpc) is 3.53. The van der Waals surface area contributed by atoms with Crippen molar-refractivity contribution < 1.29 is 27.1 Å². The average molecular weight is 532 g/mol. The highest BCUT2D eigenvalue weighted by atomic mass is 19.4. The molecule has 2 amide bonds. The van der Waals surface area contributed by atoms with Gasteiger partial charge in [0.25, 0.3) is 0 Å². The van der Waals surface area contributed by atoms with Crippen LogP contribution in [0.1, 0.15) is 18.4 Å². The molecular formula is C26H28F3N5O4. The first-order chi connectivity index (χ1) is 18.1. The second-order valence-electron chi connectivity index (χ2n) is 9.62. The number of likely N-dealkylation sites (tertiary alicyclic amines) is 1. The number of morpholine rings is 1. The molecule has 2 saturated heterocycles. The van der Waals surface area contributed by atoms with E-state index in [1.165, 1.54) is 11.1 Å². The minimum Gasteiger partial charge on any atom is -0.406 e. The normalized spacial score (nSPS) is 18.2. The minimum absolute atomic E-state index is 0.0720. The number of amides is 2. The molecule has 1 aromatic carbocycles. The van der Waals surface area contributed by atoms with Gasteiger partial charge in [-0.1, -0.05) is 6.07 Å². The van der Waals surface area contributed by atoms with E-state index in [1.807, 2.05) is 31.2 Å². The van der Waals surface area contributed by atoms with Crippen LogP contribution in [0.25, 0.3) is 22.6 Å². The van der Waals surface area contributed by atoms with Gasteiger partial charge in [-0.3, -0.25) is 4.98 Å². The Morgan fingerprint density at radius 2 is 1.97 bits per heavy atom. The number of hydrogen-bond acceptors (Lipinski definition) is 6. The molecule has 38 heavy (non-hydrogen) atoms. The van der Waals surface area contributed by atoms with Crippen molar-refractivity contribution in [2.24, 2.45) is 5.92 Å². The zero-order chi connectivity index (χ0) is 26.9. The summed E-state index contributed by atoms with van der Waals surface area (Å²) in [5.74, 6) is -0.167. The van der Waals surface area contributed by atoms with Gasteiger partial charge in [0.1, 0.15) is 11.5 Å². The number of rotatable bonds is 5. The quantitative estimate of drug-likeness (QED) is 0.497. The molecule has 4 heterocycles. The first-order valence-corrected chi connectivity index (χ1v) is 12.4. The highest BCUT2D eigenvalue weighted by molar-refractivity contribution is 5.91. The van der Waals surface area contributed by atoms with Gasteiger partial charge in [-0.25, -0.2) is 14.6 Å². The highest BCUT2D eigenvalue weighted by Crippen LogP contribution is 2.34. The van der Waals surface area contributed by atoms with Gasteiger partial charge in [-0.2, -0.15) is 13.2 Å². The Bertz CT molecular complexity index is 1360. The van der Waals surface area contributed by atoms with Gasteiger partial charge < -0.3 is 24.3 Å². The van der Waals surface area contributed by atoms with E-state index in [2.05, 4.69) is 15.2 Å². The van der Waals surface area contributed by atoms with E-state index in [4.69, 9.17) is 14.1 Å². The lowest BCUT2D eigenvalue weighted by Crippen LogP contribution is -2.36. The predicted octanol–water partition coefficient (Wildman–Crippen LogP) is 4.65. The zero-order valence-corrected chi connectivity index (χ0v) is 20.8. The number of H-pyrrole nitrogens is 1. The Morgan fingerprint density at radius 1 is 1.18 bits per heavy atom. The topological polar surface area (TPSA) is 104 Å². The summed E-state index contributed by atoms with van der Waals surface area (Å²) in [6, 6.07) is 8.78. The van der Waals surface area contributed by atoms with Crippen LogP contribution in [0.2, 0.25) is 0 Å². The van der Waals surface area contributed by atoms with E-state index in [0.29, 0.717) is 55.7 Å². The van der Waals surface area contributed by atoms with Crippen LogP contribution >= 0.6 is 0 Å². The maximum atomic E-state index is 12.8. The molecule has 2 N–H and O–H groups in total. The van der Waals surface area contributed by atoms with Gasteiger partial charge in [0.2, 0.25) is 0 Å². The number of anilines is 2. The number of oxazole rings is 1. The van der Waals surface area contributed by atoms with Gasteiger partial charge in [-0.05, 0) is 60.2 Å². The molecule has 0 bridgehead atoms. The van der Waals surface area contributed by atoms with Gasteiger partial charge >= 0.3 is 18.0 Å².